The minimum atomic E-state index is 0.553. The van der Waals surface area contributed by atoms with Gasteiger partial charge in [0.25, 0.3) is 0 Å². The van der Waals surface area contributed by atoms with Crippen LogP contribution >= 0.6 is 0 Å². The summed E-state index contributed by atoms with van der Waals surface area (Å²) in [6.07, 6.45) is 0. The maximum absolute atomic E-state index is 9.10. The maximum Gasteiger partial charge on any atom is 0.143 e. The zero-order chi connectivity index (χ0) is 14.0. The van der Waals surface area contributed by atoms with Crippen LogP contribution in [-0.4, -0.2) is 23.8 Å². The van der Waals surface area contributed by atoms with Crippen LogP contribution in [0.25, 0.3) is 11.4 Å². The monoisotopic (exact) mass is 257 g/mol. The Balaban J connectivity index is 2.62. The first-order valence-corrected chi connectivity index (χ1v) is 5.77. The first-order valence-electron chi connectivity index (χ1n) is 5.77. The molecule has 0 saturated carbocycles. The van der Waals surface area contributed by atoms with E-state index in [0.29, 0.717) is 28.7 Å². The second-order valence-corrected chi connectivity index (χ2v) is 4.14. The Morgan fingerprint density at radius 3 is 2.16 bits per heavy atom. The highest BCUT2D eigenvalue weighted by Crippen LogP contribution is 2.29. The molecule has 0 N–H and O–H groups in total. The van der Waals surface area contributed by atoms with E-state index in [1.807, 2.05) is 26.1 Å². The molecule has 0 amide bonds. The molecule has 19 heavy (non-hydrogen) atoms. The topological polar surface area (TPSA) is 60.1 Å². The van der Waals surface area contributed by atoms with Crippen molar-refractivity contribution < 1.29 is 9.47 Å². The largest absolute Gasteiger partial charge is 0.497 e. The van der Waals surface area contributed by atoms with Gasteiger partial charge in [-0.2, -0.15) is 5.26 Å². The molecule has 5 heteroatoms. The Hall–Kier alpha value is -2.48. The minimum Gasteiger partial charge on any atom is -0.497 e. The molecule has 2 aromatic rings. The number of rotatable bonds is 3. The van der Waals surface area contributed by atoms with Crippen LogP contribution in [0.5, 0.6) is 11.5 Å². The van der Waals surface area contributed by atoms with Gasteiger partial charge in [0.2, 0.25) is 0 Å². The molecule has 1 heterocycles. The van der Waals surface area contributed by atoms with Crippen molar-refractivity contribution in [3.8, 4) is 29.0 Å². The van der Waals surface area contributed by atoms with Crippen molar-refractivity contribution in [2.24, 2.45) is 7.05 Å². The van der Waals surface area contributed by atoms with Crippen molar-refractivity contribution in [1.82, 2.24) is 9.55 Å². The van der Waals surface area contributed by atoms with E-state index in [1.165, 1.54) is 0 Å². The van der Waals surface area contributed by atoms with Crippen LogP contribution in [0.2, 0.25) is 0 Å². The standard InChI is InChI=1S/C14H15N3O2/c1-9-13(8-15)17(2)14(16-9)10-5-11(18-3)7-12(6-10)19-4/h5-7H,1-4H3. The second-order valence-electron chi connectivity index (χ2n) is 4.14. The van der Waals surface area contributed by atoms with E-state index in [2.05, 4.69) is 11.1 Å². The van der Waals surface area contributed by atoms with Gasteiger partial charge in [-0.25, -0.2) is 4.98 Å². The van der Waals surface area contributed by atoms with Crippen molar-refractivity contribution >= 4 is 0 Å². The maximum atomic E-state index is 9.10. The van der Waals surface area contributed by atoms with Gasteiger partial charge in [0.05, 0.1) is 19.9 Å². The Morgan fingerprint density at radius 1 is 1.16 bits per heavy atom. The predicted octanol–water partition coefficient (Wildman–Crippen LogP) is 2.28. The second kappa shape index (κ2) is 5.02. The quantitative estimate of drug-likeness (QED) is 0.846. The van der Waals surface area contributed by atoms with Gasteiger partial charge in [-0.1, -0.05) is 0 Å². The van der Waals surface area contributed by atoms with Gasteiger partial charge in [-0.15, -0.1) is 0 Å². The van der Waals surface area contributed by atoms with E-state index in [-0.39, 0.29) is 0 Å². The fourth-order valence-corrected chi connectivity index (χ4v) is 1.99. The van der Waals surface area contributed by atoms with Crippen molar-refractivity contribution in [2.45, 2.75) is 6.92 Å². The number of benzene rings is 1. The number of nitriles is 1. The molecule has 1 aromatic carbocycles. The highest BCUT2D eigenvalue weighted by molar-refractivity contribution is 5.63. The molecule has 0 aliphatic heterocycles. The highest BCUT2D eigenvalue weighted by atomic mass is 16.5. The molecular formula is C14H15N3O2. The summed E-state index contributed by atoms with van der Waals surface area (Å²) in [7, 11) is 5.02. The lowest BCUT2D eigenvalue weighted by molar-refractivity contribution is 0.394. The molecule has 1 aromatic heterocycles. The van der Waals surface area contributed by atoms with Crippen LogP contribution in [0.4, 0.5) is 0 Å². The molecule has 5 nitrogen and oxygen atoms in total. The van der Waals surface area contributed by atoms with Crippen LogP contribution in [0.15, 0.2) is 18.2 Å². The number of imidazole rings is 1. The average molecular weight is 257 g/mol. The summed E-state index contributed by atoms with van der Waals surface area (Å²) in [5, 5.41) is 9.10. The van der Waals surface area contributed by atoms with Crippen molar-refractivity contribution in [1.29, 1.82) is 5.26 Å². The molecule has 0 fully saturated rings. The third kappa shape index (κ3) is 2.25. The molecule has 0 saturated heterocycles. The first-order chi connectivity index (χ1) is 9.10. The summed E-state index contributed by atoms with van der Waals surface area (Å²) < 4.78 is 12.2. The van der Waals surface area contributed by atoms with Gasteiger partial charge >= 0.3 is 0 Å². The fraction of sp³-hybridized carbons (Fsp3) is 0.286. The Kier molecular flexibility index (Phi) is 3.43. The smallest absolute Gasteiger partial charge is 0.143 e. The normalized spacial score (nSPS) is 10.1. The van der Waals surface area contributed by atoms with Gasteiger partial charge in [0, 0.05) is 18.7 Å². The van der Waals surface area contributed by atoms with Gasteiger partial charge in [0.15, 0.2) is 0 Å². The summed E-state index contributed by atoms with van der Waals surface area (Å²) in [4.78, 5) is 4.43. The number of ether oxygens (including phenoxy) is 2. The molecule has 0 aliphatic carbocycles. The van der Waals surface area contributed by atoms with Crippen molar-refractivity contribution in [3.05, 3.63) is 29.6 Å². The Bertz CT molecular complexity index is 631. The number of aromatic nitrogens is 2. The number of hydrogen-bond donors (Lipinski definition) is 0. The van der Waals surface area contributed by atoms with Crippen LogP contribution in [0, 0.1) is 18.3 Å². The summed E-state index contributed by atoms with van der Waals surface area (Å²) in [6, 6.07) is 7.68. The Labute approximate surface area is 112 Å². The van der Waals surface area contributed by atoms with Crippen molar-refractivity contribution in [2.75, 3.05) is 14.2 Å². The highest BCUT2D eigenvalue weighted by Gasteiger charge is 2.14. The summed E-state index contributed by atoms with van der Waals surface area (Å²) >= 11 is 0. The molecule has 0 aliphatic rings. The lowest BCUT2D eigenvalue weighted by Crippen LogP contribution is -1.97. The molecule has 98 valence electrons. The van der Waals surface area contributed by atoms with Gasteiger partial charge in [-0.05, 0) is 19.1 Å². The molecule has 0 radical (unpaired) electrons. The van der Waals surface area contributed by atoms with E-state index in [0.717, 1.165) is 5.56 Å². The number of hydrogen-bond acceptors (Lipinski definition) is 4. The predicted molar refractivity (Wildman–Crippen MR) is 71.2 cm³/mol. The number of methoxy groups -OCH3 is 2. The summed E-state index contributed by atoms with van der Waals surface area (Å²) in [5.74, 6) is 2.09. The Morgan fingerprint density at radius 2 is 1.74 bits per heavy atom. The van der Waals surface area contributed by atoms with E-state index >= 15 is 0 Å². The lowest BCUT2D eigenvalue weighted by atomic mass is 10.2. The number of aryl methyl sites for hydroxylation is 1. The van der Waals surface area contributed by atoms with Crippen LogP contribution in [0.3, 0.4) is 0 Å². The van der Waals surface area contributed by atoms with E-state index in [4.69, 9.17) is 14.7 Å². The molecule has 0 atom stereocenters. The van der Waals surface area contributed by atoms with Gasteiger partial charge in [-0.3, -0.25) is 0 Å². The zero-order valence-electron chi connectivity index (χ0n) is 11.4. The van der Waals surface area contributed by atoms with Crippen LogP contribution in [0.1, 0.15) is 11.4 Å². The van der Waals surface area contributed by atoms with E-state index in [9.17, 15) is 0 Å². The van der Waals surface area contributed by atoms with E-state index in [1.54, 1.807) is 24.9 Å². The molecule has 0 bridgehead atoms. The molecule has 0 unspecified atom stereocenters. The molecule has 2 rings (SSSR count). The third-order valence-corrected chi connectivity index (χ3v) is 2.98. The average Bonchev–Trinajstić information content (AvgIpc) is 2.72. The summed E-state index contributed by atoms with van der Waals surface area (Å²) in [6.45, 7) is 1.82. The van der Waals surface area contributed by atoms with Gasteiger partial charge < -0.3 is 14.0 Å². The van der Waals surface area contributed by atoms with Crippen LogP contribution < -0.4 is 9.47 Å². The first kappa shape index (κ1) is 13.0. The number of nitrogens with zero attached hydrogens (tertiary/aromatic N) is 3. The lowest BCUT2D eigenvalue weighted by Gasteiger charge is -2.08. The van der Waals surface area contributed by atoms with E-state index < -0.39 is 0 Å². The third-order valence-electron chi connectivity index (χ3n) is 2.98. The SMILES string of the molecule is COc1cc(OC)cc(-c2nc(C)c(C#N)n2C)c1. The molecular weight excluding hydrogens is 242 g/mol. The fourth-order valence-electron chi connectivity index (χ4n) is 1.99. The zero-order valence-corrected chi connectivity index (χ0v) is 11.4. The summed E-state index contributed by atoms with van der Waals surface area (Å²) in [5.41, 5.74) is 2.11. The minimum absolute atomic E-state index is 0.553. The van der Waals surface area contributed by atoms with Crippen molar-refractivity contribution in [3.63, 3.8) is 0 Å². The van der Waals surface area contributed by atoms with Gasteiger partial charge in [0.1, 0.15) is 29.1 Å². The van der Waals surface area contributed by atoms with Crippen LogP contribution in [-0.2, 0) is 7.05 Å². The molecule has 0 spiro atoms.